The highest BCUT2D eigenvalue weighted by molar-refractivity contribution is 7.13. The van der Waals surface area contributed by atoms with Crippen LogP contribution in [0.3, 0.4) is 0 Å². The first-order chi connectivity index (χ1) is 10.9. The lowest BCUT2D eigenvalue weighted by Crippen LogP contribution is -2.41. The Labute approximate surface area is 139 Å². The van der Waals surface area contributed by atoms with Gasteiger partial charge in [-0.25, -0.2) is 9.78 Å². The van der Waals surface area contributed by atoms with E-state index in [0.717, 1.165) is 17.0 Å². The van der Waals surface area contributed by atoms with Crippen LogP contribution in [-0.4, -0.2) is 40.0 Å². The molecule has 0 saturated heterocycles. The normalized spacial score (nSPS) is 12.0. The molecule has 5 nitrogen and oxygen atoms in total. The Hall–Kier alpha value is -2.21. The molecule has 0 aliphatic rings. The number of rotatable bonds is 6. The quantitative estimate of drug-likeness (QED) is 0.883. The lowest BCUT2D eigenvalue weighted by molar-refractivity contribution is -0.148. The van der Waals surface area contributed by atoms with Crippen LogP contribution in [0, 0.1) is 0 Å². The van der Waals surface area contributed by atoms with E-state index in [2.05, 4.69) is 24.0 Å². The molecular formula is C17H20N2O3S. The Balaban J connectivity index is 2.07. The van der Waals surface area contributed by atoms with Crippen molar-refractivity contribution in [2.75, 3.05) is 7.05 Å². The van der Waals surface area contributed by atoms with Crippen molar-refractivity contribution in [3.05, 3.63) is 40.9 Å². The number of carbonyl (C=O) groups is 2. The zero-order valence-electron chi connectivity index (χ0n) is 13.4. The molecule has 0 fully saturated rings. The largest absolute Gasteiger partial charge is 0.480 e. The van der Waals surface area contributed by atoms with Gasteiger partial charge in [-0.15, -0.1) is 11.3 Å². The van der Waals surface area contributed by atoms with E-state index < -0.39 is 12.0 Å². The average Bonchev–Trinajstić information content (AvgIpc) is 3.01. The molecule has 2 rings (SSSR count). The number of hydrogen-bond acceptors (Lipinski definition) is 4. The van der Waals surface area contributed by atoms with Crippen LogP contribution in [0.1, 0.15) is 25.1 Å². The minimum Gasteiger partial charge on any atom is -0.480 e. The van der Waals surface area contributed by atoms with Crippen molar-refractivity contribution in [2.45, 2.75) is 32.7 Å². The third kappa shape index (κ3) is 4.16. The minimum absolute atomic E-state index is 0.109. The van der Waals surface area contributed by atoms with Gasteiger partial charge in [0.15, 0.2) is 0 Å². The van der Waals surface area contributed by atoms with Crippen molar-refractivity contribution >= 4 is 23.2 Å². The summed E-state index contributed by atoms with van der Waals surface area (Å²) in [4.78, 5) is 28.8. The van der Waals surface area contributed by atoms with Crippen molar-refractivity contribution in [2.24, 2.45) is 0 Å². The number of carboxylic acids is 1. The van der Waals surface area contributed by atoms with Crippen molar-refractivity contribution in [3.8, 4) is 10.6 Å². The Morgan fingerprint density at radius 1 is 1.30 bits per heavy atom. The summed E-state index contributed by atoms with van der Waals surface area (Å²) in [5.74, 6) is -1.27. The molecule has 1 heterocycles. The number of benzene rings is 1. The van der Waals surface area contributed by atoms with E-state index in [0.29, 0.717) is 5.69 Å². The van der Waals surface area contributed by atoms with Crippen LogP contribution in [-0.2, 0) is 22.4 Å². The number of carbonyl (C=O) groups excluding carboxylic acids is 1. The summed E-state index contributed by atoms with van der Waals surface area (Å²) in [6.45, 7) is 3.60. The molecule has 1 aromatic heterocycles. The van der Waals surface area contributed by atoms with Gasteiger partial charge in [0.2, 0.25) is 5.91 Å². The standard InChI is InChI=1S/C17H20N2O3S/c1-4-12-5-7-13(8-6-12)16-18-14(10-23-16)9-15(20)19(3)11(2)17(21)22/h5-8,10-11H,4,9H2,1-3H3,(H,21,22). The molecule has 0 bridgehead atoms. The topological polar surface area (TPSA) is 70.5 Å². The fraction of sp³-hybridized carbons (Fsp3) is 0.353. The number of nitrogens with zero attached hydrogens (tertiary/aromatic N) is 2. The Morgan fingerprint density at radius 2 is 1.96 bits per heavy atom. The molecule has 1 amide bonds. The fourth-order valence-corrected chi connectivity index (χ4v) is 2.89. The van der Waals surface area contributed by atoms with Crippen LogP contribution in [0.2, 0.25) is 0 Å². The summed E-state index contributed by atoms with van der Waals surface area (Å²) in [5, 5.41) is 11.7. The van der Waals surface area contributed by atoms with Gasteiger partial charge in [0.05, 0.1) is 12.1 Å². The lowest BCUT2D eigenvalue weighted by Gasteiger charge is -2.20. The predicted octanol–water partition coefficient (Wildman–Crippen LogP) is 2.85. The third-order valence-corrected chi connectivity index (χ3v) is 4.77. The number of aliphatic carboxylic acids is 1. The second kappa shape index (κ2) is 7.37. The molecule has 6 heteroatoms. The second-order valence-corrected chi connectivity index (χ2v) is 6.25. The number of thiazole rings is 1. The maximum atomic E-state index is 12.1. The van der Waals surface area contributed by atoms with Crippen LogP contribution >= 0.6 is 11.3 Å². The van der Waals surface area contributed by atoms with E-state index in [-0.39, 0.29) is 12.3 Å². The van der Waals surface area contributed by atoms with Crippen molar-refractivity contribution in [3.63, 3.8) is 0 Å². The number of carboxylic acid groups (broad SMARTS) is 1. The van der Waals surface area contributed by atoms with Gasteiger partial charge in [0.25, 0.3) is 0 Å². The van der Waals surface area contributed by atoms with E-state index in [1.165, 1.54) is 35.8 Å². The van der Waals surface area contributed by atoms with E-state index in [1.807, 2.05) is 17.5 Å². The van der Waals surface area contributed by atoms with Gasteiger partial charge < -0.3 is 10.0 Å². The molecule has 1 aromatic carbocycles. The monoisotopic (exact) mass is 332 g/mol. The van der Waals surface area contributed by atoms with Gasteiger partial charge in [-0.3, -0.25) is 4.79 Å². The van der Waals surface area contributed by atoms with E-state index in [9.17, 15) is 9.59 Å². The van der Waals surface area contributed by atoms with Crippen molar-refractivity contribution in [1.82, 2.24) is 9.88 Å². The van der Waals surface area contributed by atoms with Crippen LogP contribution in [0.25, 0.3) is 10.6 Å². The molecule has 0 radical (unpaired) electrons. The average molecular weight is 332 g/mol. The maximum Gasteiger partial charge on any atom is 0.326 e. The van der Waals surface area contributed by atoms with Crippen LogP contribution in [0.5, 0.6) is 0 Å². The smallest absolute Gasteiger partial charge is 0.326 e. The summed E-state index contributed by atoms with van der Waals surface area (Å²) in [6, 6.07) is 7.36. The highest BCUT2D eigenvalue weighted by Gasteiger charge is 2.22. The summed E-state index contributed by atoms with van der Waals surface area (Å²) < 4.78 is 0. The molecule has 0 aliphatic carbocycles. The van der Waals surface area contributed by atoms with Gasteiger partial charge in [-0.05, 0) is 18.9 Å². The second-order valence-electron chi connectivity index (χ2n) is 5.39. The number of aromatic nitrogens is 1. The zero-order valence-corrected chi connectivity index (χ0v) is 14.3. The molecule has 1 atom stereocenters. The third-order valence-electron chi connectivity index (χ3n) is 3.82. The zero-order chi connectivity index (χ0) is 17.0. The van der Waals surface area contributed by atoms with Gasteiger partial charge >= 0.3 is 5.97 Å². The van der Waals surface area contributed by atoms with E-state index in [4.69, 9.17) is 5.11 Å². The number of aryl methyl sites for hydroxylation is 1. The van der Waals surface area contributed by atoms with Gasteiger partial charge in [-0.2, -0.15) is 0 Å². The molecule has 2 aromatic rings. The molecule has 23 heavy (non-hydrogen) atoms. The van der Waals surface area contributed by atoms with E-state index in [1.54, 1.807) is 0 Å². The molecule has 1 unspecified atom stereocenters. The summed E-state index contributed by atoms with van der Waals surface area (Å²) >= 11 is 1.49. The highest BCUT2D eigenvalue weighted by Crippen LogP contribution is 2.24. The summed E-state index contributed by atoms with van der Waals surface area (Å²) in [6.07, 6.45) is 1.10. The minimum atomic E-state index is -1.02. The summed E-state index contributed by atoms with van der Waals surface area (Å²) in [5.41, 5.74) is 2.96. The molecule has 0 aliphatic heterocycles. The first-order valence-corrected chi connectivity index (χ1v) is 8.32. The van der Waals surface area contributed by atoms with Crippen molar-refractivity contribution in [1.29, 1.82) is 0 Å². The van der Waals surface area contributed by atoms with Gasteiger partial charge in [0, 0.05) is 18.0 Å². The summed E-state index contributed by atoms with van der Waals surface area (Å²) in [7, 11) is 1.50. The SMILES string of the molecule is CCc1ccc(-c2nc(CC(=O)N(C)C(C)C(=O)O)cs2)cc1. The Bertz CT molecular complexity index is 694. The van der Waals surface area contributed by atoms with Gasteiger partial charge in [0.1, 0.15) is 11.0 Å². The predicted molar refractivity (Wildman–Crippen MR) is 90.5 cm³/mol. The first-order valence-electron chi connectivity index (χ1n) is 7.44. The molecular weight excluding hydrogens is 312 g/mol. The van der Waals surface area contributed by atoms with Crippen molar-refractivity contribution < 1.29 is 14.7 Å². The molecule has 0 saturated carbocycles. The lowest BCUT2D eigenvalue weighted by atomic mass is 10.1. The molecule has 122 valence electrons. The highest BCUT2D eigenvalue weighted by atomic mass is 32.1. The number of amides is 1. The fourth-order valence-electron chi connectivity index (χ4n) is 2.07. The van der Waals surface area contributed by atoms with E-state index >= 15 is 0 Å². The first kappa shape index (κ1) is 17.1. The van der Waals surface area contributed by atoms with Gasteiger partial charge in [-0.1, -0.05) is 31.2 Å². The molecule has 1 N–H and O–H groups in total. The Morgan fingerprint density at radius 3 is 2.52 bits per heavy atom. The van der Waals surface area contributed by atoms with Crippen LogP contribution in [0.4, 0.5) is 0 Å². The Kier molecular flexibility index (Phi) is 5.50. The molecule has 0 spiro atoms. The van der Waals surface area contributed by atoms with Crippen LogP contribution in [0.15, 0.2) is 29.6 Å². The maximum absolute atomic E-state index is 12.1. The number of hydrogen-bond donors (Lipinski definition) is 1. The van der Waals surface area contributed by atoms with Crippen LogP contribution < -0.4 is 0 Å². The number of likely N-dealkylation sites (N-methyl/N-ethyl adjacent to an activating group) is 1.